The van der Waals surface area contributed by atoms with E-state index in [9.17, 15) is 4.39 Å². The summed E-state index contributed by atoms with van der Waals surface area (Å²) >= 11 is 0. The Labute approximate surface area is 102 Å². The van der Waals surface area contributed by atoms with Gasteiger partial charge in [0.15, 0.2) is 0 Å². The van der Waals surface area contributed by atoms with Crippen molar-refractivity contribution in [1.29, 1.82) is 0 Å². The number of rotatable bonds is 6. The van der Waals surface area contributed by atoms with E-state index < -0.39 is 5.67 Å². The number of nitrogens with one attached hydrogen (secondary N) is 1. The second-order valence-corrected chi connectivity index (χ2v) is 4.72. The molecule has 1 unspecified atom stereocenters. The fourth-order valence-corrected chi connectivity index (χ4v) is 2.18. The molecule has 1 atom stereocenters. The highest BCUT2D eigenvalue weighted by molar-refractivity contribution is 5.13. The van der Waals surface area contributed by atoms with Gasteiger partial charge in [0.25, 0.3) is 0 Å². The second-order valence-electron chi connectivity index (χ2n) is 4.72. The lowest BCUT2D eigenvalue weighted by Gasteiger charge is -2.17. The monoisotopic (exact) mass is 237 g/mol. The summed E-state index contributed by atoms with van der Waals surface area (Å²) in [6.07, 6.45) is 2.05. The number of ether oxygens (including phenoxy) is 1. The summed E-state index contributed by atoms with van der Waals surface area (Å²) in [5.74, 6) is 0. The number of halogens is 1. The third-order valence-corrected chi connectivity index (χ3v) is 3.22. The first-order chi connectivity index (χ1) is 8.29. The van der Waals surface area contributed by atoms with Gasteiger partial charge in [-0.05, 0) is 31.4 Å². The number of alkyl halides is 1. The Hall–Kier alpha value is -0.930. The summed E-state index contributed by atoms with van der Waals surface area (Å²) in [4.78, 5) is 0. The van der Waals surface area contributed by atoms with E-state index in [4.69, 9.17) is 4.74 Å². The lowest BCUT2D eigenvalue weighted by molar-refractivity contribution is 0.0954. The quantitative estimate of drug-likeness (QED) is 0.768. The van der Waals surface area contributed by atoms with Gasteiger partial charge >= 0.3 is 0 Å². The molecule has 0 bridgehead atoms. The number of hydrogen-bond acceptors (Lipinski definition) is 2. The summed E-state index contributed by atoms with van der Waals surface area (Å²) in [6, 6.07) is 10.1. The molecular weight excluding hydrogens is 217 g/mol. The smallest absolute Gasteiger partial charge is 0.124 e. The van der Waals surface area contributed by atoms with Crippen molar-refractivity contribution in [3.8, 4) is 0 Å². The average Bonchev–Trinajstić information content (AvgIpc) is 2.77. The van der Waals surface area contributed by atoms with Crippen LogP contribution >= 0.6 is 0 Å². The fraction of sp³-hybridized carbons (Fsp3) is 0.571. The zero-order valence-electron chi connectivity index (χ0n) is 10.1. The van der Waals surface area contributed by atoms with Crippen LogP contribution in [0, 0.1) is 0 Å². The van der Waals surface area contributed by atoms with Gasteiger partial charge in [0, 0.05) is 13.2 Å². The van der Waals surface area contributed by atoms with Gasteiger partial charge in [-0.2, -0.15) is 0 Å². The molecule has 1 fully saturated rings. The Morgan fingerprint density at radius 1 is 1.29 bits per heavy atom. The minimum atomic E-state index is -0.990. The van der Waals surface area contributed by atoms with Crippen LogP contribution in [0.25, 0.3) is 0 Å². The van der Waals surface area contributed by atoms with Crippen LogP contribution in [-0.4, -0.2) is 25.4 Å². The van der Waals surface area contributed by atoms with Crippen molar-refractivity contribution in [2.45, 2.75) is 31.5 Å². The molecule has 0 aliphatic carbocycles. The van der Waals surface area contributed by atoms with E-state index >= 15 is 0 Å². The second kappa shape index (κ2) is 6.12. The molecule has 0 aromatic heterocycles. The molecule has 3 heteroatoms. The van der Waals surface area contributed by atoms with Crippen LogP contribution < -0.4 is 5.32 Å². The number of benzene rings is 1. The normalized spacial score (nSPS) is 24.1. The van der Waals surface area contributed by atoms with E-state index in [-0.39, 0.29) is 0 Å². The van der Waals surface area contributed by atoms with Gasteiger partial charge < -0.3 is 10.1 Å². The standard InChI is InChI=1S/C14H20FNO/c15-14(8-9-16-12-14)7-4-10-17-11-13-5-2-1-3-6-13/h1-3,5-6,16H,4,7-12H2. The zero-order valence-corrected chi connectivity index (χ0v) is 10.1. The molecule has 1 heterocycles. The van der Waals surface area contributed by atoms with Gasteiger partial charge in [-0.25, -0.2) is 4.39 Å². The van der Waals surface area contributed by atoms with Crippen LogP contribution in [0.1, 0.15) is 24.8 Å². The summed E-state index contributed by atoms with van der Waals surface area (Å²) in [6.45, 7) is 2.58. The molecule has 94 valence electrons. The largest absolute Gasteiger partial charge is 0.377 e. The van der Waals surface area contributed by atoms with E-state index in [1.165, 1.54) is 5.56 Å². The van der Waals surface area contributed by atoms with E-state index in [1.807, 2.05) is 30.3 Å². The van der Waals surface area contributed by atoms with Gasteiger partial charge in [-0.1, -0.05) is 30.3 Å². The Balaban J connectivity index is 1.58. The Bertz CT molecular complexity index is 322. The first-order valence-corrected chi connectivity index (χ1v) is 6.30. The SMILES string of the molecule is FC1(CCCOCc2ccccc2)CCNC1. The van der Waals surface area contributed by atoms with Crippen LogP contribution in [0.15, 0.2) is 30.3 Å². The molecule has 1 N–H and O–H groups in total. The Morgan fingerprint density at radius 2 is 2.12 bits per heavy atom. The highest BCUT2D eigenvalue weighted by atomic mass is 19.1. The van der Waals surface area contributed by atoms with Crippen molar-refractivity contribution in [3.05, 3.63) is 35.9 Å². The van der Waals surface area contributed by atoms with Crippen molar-refractivity contribution < 1.29 is 9.13 Å². The molecule has 0 saturated carbocycles. The van der Waals surface area contributed by atoms with Crippen LogP contribution in [0.3, 0.4) is 0 Å². The molecule has 1 aliphatic heterocycles. The molecular formula is C14H20FNO. The Kier molecular flexibility index (Phi) is 4.51. The maximum absolute atomic E-state index is 13.9. The summed E-state index contributed by atoms with van der Waals surface area (Å²) < 4.78 is 19.5. The zero-order chi connectivity index (χ0) is 12.0. The lowest BCUT2D eigenvalue weighted by atomic mass is 9.99. The third kappa shape index (κ3) is 4.10. The molecule has 0 radical (unpaired) electrons. The van der Waals surface area contributed by atoms with Crippen molar-refractivity contribution >= 4 is 0 Å². The van der Waals surface area contributed by atoms with Gasteiger partial charge in [-0.15, -0.1) is 0 Å². The number of hydrogen-bond donors (Lipinski definition) is 1. The van der Waals surface area contributed by atoms with Crippen LogP contribution in [0.5, 0.6) is 0 Å². The first-order valence-electron chi connectivity index (χ1n) is 6.30. The Morgan fingerprint density at radius 3 is 2.82 bits per heavy atom. The lowest BCUT2D eigenvalue weighted by Crippen LogP contribution is -2.26. The summed E-state index contributed by atoms with van der Waals surface area (Å²) in [7, 11) is 0. The van der Waals surface area contributed by atoms with E-state index in [1.54, 1.807) is 0 Å². The molecule has 2 nitrogen and oxygen atoms in total. The summed E-state index contributed by atoms with van der Waals surface area (Å²) in [5, 5.41) is 3.06. The predicted molar refractivity (Wildman–Crippen MR) is 66.7 cm³/mol. The van der Waals surface area contributed by atoms with Crippen LogP contribution in [0.4, 0.5) is 4.39 Å². The highest BCUT2D eigenvalue weighted by Gasteiger charge is 2.32. The molecule has 17 heavy (non-hydrogen) atoms. The highest BCUT2D eigenvalue weighted by Crippen LogP contribution is 2.25. The molecule has 1 aliphatic rings. The van der Waals surface area contributed by atoms with Gasteiger partial charge in [0.05, 0.1) is 6.61 Å². The van der Waals surface area contributed by atoms with Crippen molar-refractivity contribution in [1.82, 2.24) is 5.32 Å². The fourth-order valence-electron chi connectivity index (χ4n) is 2.18. The van der Waals surface area contributed by atoms with Crippen molar-refractivity contribution in [2.75, 3.05) is 19.7 Å². The molecule has 0 spiro atoms. The molecule has 1 aromatic rings. The van der Waals surface area contributed by atoms with Crippen LogP contribution in [0.2, 0.25) is 0 Å². The minimum Gasteiger partial charge on any atom is -0.377 e. The maximum atomic E-state index is 13.9. The van der Waals surface area contributed by atoms with Gasteiger partial charge in [0.1, 0.15) is 5.67 Å². The van der Waals surface area contributed by atoms with Crippen molar-refractivity contribution in [3.63, 3.8) is 0 Å². The topological polar surface area (TPSA) is 21.3 Å². The van der Waals surface area contributed by atoms with Gasteiger partial charge in [0.2, 0.25) is 0 Å². The first kappa shape index (κ1) is 12.5. The molecule has 1 saturated heterocycles. The predicted octanol–water partition coefficient (Wildman–Crippen LogP) is 2.69. The minimum absolute atomic E-state index is 0.506. The van der Waals surface area contributed by atoms with E-state index in [2.05, 4.69) is 5.32 Å². The third-order valence-electron chi connectivity index (χ3n) is 3.22. The maximum Gasteiger partial charge on any atom is 0.124 e. The van der Waals surface area contributed by atoms with Crippen molar-refractivity contribution in [2.24, 2.45) is 0 Å². The molecule has 1 aromatic carbocycles. The van der Waals surface area contributed by atoms with E-state index in [0.717, 1.165) is 13.0 Å². The molecule has 0 amide bonds. The van der Waals surface area contributed by atoms with Gasteiger partial charge in [-0.3, -0.25) is 0 Å². The average molecular weight is 237 g/mol. The van der Waals surface area contributed by atoms with E-state index in [0.29, 0.717) is 32.6 Å². The van der Waals surface area contributed by atoms with Crippen LogP contribution in [-0.2, 0) is 11.3 Å². The summed E-state index contributed by atoms with van der Waals surface area (Å²) in [5.41, 5.74) is 0.181. The molecule has 2 rings (SSSR count).